The zero-order valence-electron chi connectivity index (χ0n) is 12.2. The fraction of sp³-hybridized carbons (Fsp3) is 0.125. The molecule has 2 aromatic rings. The quantitative estimate of drug-likeness (QED) is 0.449. The van der Waals surface area contributed by atoms with Crippen LogP contribution in [0.25, 0.3) is 0 Å². The number of rotatable bonds is 5. The number of nitrogens with one attached hydrogen (secondary N) is 2. The molecule has 0 aliphatic rings. The maximum atomic E-state index is 11.9. The number of halogens is 3. The first kappa shape index (κ1) is 18.2. The molecule has 2 rings (SSSR count). The third-order valence-electron chi connectivity index (χ3n) is 2.97. The number of hydrogen-bond donors (Lipinski definition) is 2. The molecule has 0 radical (unpaired) electrons. The summed E-state index contributed by atoms with van der Waals surface area (Å²) < 4.78 is 2.65. The minimum atomic E-state index is -0.220. The summed E-state index contributed by atoms with van der Waals surface area (Å²) in [6, 6.07) is 13.5. The van der Waals surface area contributed by atoms with Gasteiger partial charge in [0.1, 0.15) is 0 Å². The number of hydrogen-bond acceptors (Lipinski definition) is 3. The Bertz CT molecular complexity index is 710. The van der Waals surface area contributed by atoms with Gasteiger partial charge in [-0.25, -0.2) is 5.43 Å². The lowest BCUT2D eigenvalue weighted by Gasteiger charge is -2.11. The third-order valence-corrected chi connectivity index (χ3v) is 4.68. The van der Waals surface area contributed by atoms with Gasteiger partial charge in [-0.3, -0.25) is 4.79 Å². The topological polar surface area (TPSA) is 53.5 Å². The van der Waals surface area contributed by atoms with Crippen molar-refractivity contribution in [1.29, 1.82) is 0 Å². The van der Waals surface area contributed by atoms with E-state index in [0.717, 1.165) is 30.4 Å². The van der Waals surface area contributed by atoms with Gasteiger partial charge in [0.05, 0.1) is 17.9 Å². The lowest BCUT2D eigenvalue weighted by Crippen LogP contribution is -2.27. The number of carbonyl (C=O) groups excluding carboxylic acids is 1. The van der Waals surface area contributed by atoms with Crippen molar-refractivity contribution < 1.29 is 4.79 Å². The Hall–Kier alpha value is -1.18. The Kier molecular flexibility index (Phi) is 6.80. The molecule has 23 heavy (non-hydrogen) atoms. The number of benzene rings is 2. The van der Waals surface area contributed by atoms with Gasteiger partial charge in [0.2, 0.25) is 0 Å². The van der Waals surface area contributed by atoms with Crippen LogP contribution in [0.3, 0.4) is 0 Å². The minimum absolute atomic E-state index is 0.115. The highest BCUT2D eigenvalue weighted by atomic mass is 79.9. The SMILES string of the molecule is CC(=NNC(=O)CNc1c(Br)cc(Br)cc1Br)c1ccccc1. The summed E-state index contributed by atoms with van der Waals surface area (Å²) in [4.78, 5) is 11.9. The van der Waals surface area contributed by atoms with E-state index in [-0.39, 0.29) is 12.5 Å². The van der Waals surface area contributed by atoms with Crippen LogP contribution in [0.4, 0.5) is 5.69 Å². The highest BCUT2D eigenvalue weighted by molar-refractivity contribution is 9.11. The van der Waals surface area contributed by atoms with Gasteiger partial charge in [-0.15, -0.1) is 0 Å². The maximum absolute atomic E-state index is 11.9. The highest BCUT2D eigenvalue weighted by Gasteiger charge is 2.08. The molecule has 2 aromatic carbocycles. The molecular weight excluding hydrogens is 490 g/mol. The predicted molar refractivity (Wildman–Crippen MR) is 105 cm³/mol. The van der Waals surface area contributed by atoms with Crippen LogP contribution in [0.5, 0.6) is 0 Å². The Morgan fingerprint density at radius 3 is 2.30 bits per heavy atom. The number of nitrogens with zero attached hydrogens (tertiary/aromatic N) is 1. The van der Waals surface area contributed by atoms with E-state index < -0.39 is 0 Å². The van der Waals surface area contributed by atoms with E-state index in [1.165, 1.54) is 0 Å². The molecule has 0 heterocycles. The van der Waals surface area contributed by atoms with E-state index in [1.54, 1.807) is 0 Å². The molecule has 0 aliphatic heterocycles. The molecule has 0 saturated heterocycles. The molecule has 0 spiro atoms. The van der Waals surface area contributed by atoms with Crippen molar-refractivity contribution >= 4 is 65.1 Å². The molecule has 0 saturated carbocycles. The molecule has 0 fully saturated rings. The van der Waals surface area contributed by atoms with Crippen molar-refractivity contribution in [2.45, 2.75) is 6.92 Å². The summed E-state index contributed by atoms with van der Waals surface area (Å²) >= 11 is 10.3. The van der Waals surface area contributed by atoms with E-state index in [9.17, 15) is 4.79 Å². The van der Waals surface area contributed by atoms with Gasteiger partial charge in [0.25, 0.3) is 5.91 Å². The second-order valence-electron chi connectivity index (χ2n) is 4.70. The van der Waals surface area contributed by atoms with Crippen LogP contribution in [0, 0.1) is 0 Å². The van der Waals surface area contributed by atoms with E-state index in [4.69, 9.17) is 0 Å². The third kappa shape index (κ3) is 5.44. The largest absolute Gasteiger partial charge is 0.374 e. The summed E-state index contributed by atoms with van der Waals surface area (Å²) in [6.07, 6.45) is 0. The summed E-state index contributed by atoms with van der Waals surface area (Å²) in [6.45, 7) is 1.97. The zero-order valence-corrected chi connectivity index (χ0v) is 17.0. The Morgan fingerprint density at radius 2 is 1.70 bits per heavy atom. The molecular formula is C16H14Br3N3O. The van der Waals surface area contributed by atoms with Gasteiger partial charge in [-0.2, -0.15) is 5.10 Å². The summed E-state index contributed by atoms with van der Waals surface area (Å²) in [5.74, 6) is -0.220. The fourth-order valence-electron chi connectivity index (χ4n) is 1.81. The first-order chi connectivity index (χ1) is 11.0. The maximum Gasteiger partial charge on any atom is 0.259 e. The molecule has 0 aliphatic carbocycles. The van der Waals surface area contributed by atoms with Gasteiger partial charge in [-0.05, 0) is 56.5 Å². The fourth-order valence-corrected chi connectivity index (χ4v) is 4.35. The average molecular weight is 504 g/mol. The monoisotopic (exact) mass is 501 g/mol. The summed E-state index contributed by atoms with van der Waals surface area (Å²) in [5, 5.41) is 7.19. The van der Waals surface area contributed by atoms with E-state index in [0.29, 0.717) is 0 Å². The van der Waals surface area contributed by atoms with Crippen LogP contribution in [0.15, 0.2) is 61.0 Å². The van der Waals surface area contributed by atoms with Crippen molar-refractivity contribution in [2.75, 3.05) is 11.9 Å². The second kappa shape index (κ2) is 8.61. The van der Waals surface area contributed by atoms with Gasteiger partial charge in [-0.1, -0.05) is 46.3 Å². The zero-order chi connectivity index (χ0) is 16.8. The molecule has 0 unspecified atom stereocenters. The second-order valence-corrected chi connectivity index (χ2v) is 7.32. The molecule has 0 bridgehead atoms. The summed E-state index contributed by atoms with van der Waals surface area (Å²) in [7, 11) is 0. The first-order valence-corrected chi connectivity index (χ1v) is 9.12. The van der Waals surface area contributed by atoms with Crippen molar-refractivity contribution in [3.63, 3.8) is 0 Å². The Labute approximate surface area is 160 Å². The lowest BCUT2D eigenvalue weighted by molar-refractivity contribution is -0.119. The number of hydrazone groups is 1. The lowest BCUT2D eigenvalue weighted by atomic mass is 10.1. The molecule has 0 aromatic heterocycles. The van der Waals surface area contributed by atoms with Crippen molar-refractivity contribution in [3.05, 3.63) is 61.4 Å². The molecule has 7 heteroatoms. The molecule has 1 amide bonds. The van der Waals surface area contributed by atoms with Crippen LogP contribution in [0.2, 0.25) is 0 Å². The van der Waals surface area contributed by atoms with E-state index in [2.05, 4.69) is 63.6 Å². The smallest absolute Gasteiger partial charge is 0.259 e. The highest BCUT2D eigenvalue weighted by Crippen LogP contribution is 2.34. The van der Waals surface area contributed by atoms with Crippen LogP contribution < -0.4 is 10.7 Å². The van der Waals surface area contributed by atoms with E-state index in [1.807, 2.05) is 49.4 Å². The predicted octanol–water partition coefficient (Wildman–Crippen LogP) is 4.93. The summed E-state index contributed by atoms with van der Waals surface area (Å²) in [5.41, 5.74) is 5.09. The standard InChI is InChI=1S/C16H14Br3N3O/c1-10(11-5-3-2-4-6-11)21-22-15(23)9-20-16-13(18)7-12(17)8-14(16)19/h2-8,20H,9H2,1H3,(H,22,23). The number of amides is 1. The van der Waals surface area contributed by atoms with Crippen LogP contribution in [-0.2, 0) is 4.79 Å². The average Bonchev–Trinajstić information content (AvgIpc) is 2.52. The molecule has 0 atom stereocenters. The van der Waals surface area contributed by atoms with Crippen LogP contribution >= 0.6 is 47.8 Å². The van der Waals surface area contributed by atoms with Gasteiger partial charge in [0.15, 0.2) is 0 Å². The molecule has 2 N–H and O–H groups in total. The number of anilines is 1. The minimum Gasteiger partial charge on any atom is -0.374 e. The van der Waals surface area contributed by atoms with Gasteiger partial charge in [0, 0.05) is 13.4 Å². The Balaban J connectivity index is 1.94. The van der Waals surface area contributed by atoms with Crippen molar-refractivity contribution in [1.82, 2.24) is 5.43 Å². The van der Waals surface area contributed by atoms with Crippen molar-refractivity contribution in [2.24, 2.45) is 5.10 Å². The van der Waals surface area contributed by atoms with E-state index >= 15 is 0 Å². The Morgan fingerprint density at radius 1 is 1.09 bits per heavy atom. The van der Waals surface area contributed by atoms with Crippen LogP contribution in [0.1, 0.15) is 12.5 Å². The van der Waals surface area contributed by atoms with Crippen LogP contribution in [-0.4, -0.2) is 18.2 Å². The van der Waals surface area contributed by atoms with Crippen molar-refractivity contribution in [3.8, 4) is 0 Å². The first-order valence-electron chi connectivity index (χ1n) is 6.74. The van der Waals surface area contributed by atoms with Gasteiger partial charge >= 0.3 is 0 Å². The number of carbonyl (C=O) groups is 1. The molecule has 4 nitrogen and oxygen atoms in total. The van der Waals surface area contributed by atoms with Gasteiger partial charge < -0.3 is 5.32 Å². The molecule has 120 valence electrons. The normalized spacial score (nSPS) is 11.2.